The maximum atomic E-state index is 12.0. The van der Waals surface area contributed by atoms with Gasteiger partial charge in [-0.15, -0.1) is 0 Å². The van der Waals surface area contributed by atoms with Crippen LogP contribution in [0.15, 0.2) is 11.1 Å². The lowest BCUT2D eigenvalue weighted by molar-refractivity contribution is -0.140. The van der Waals surface area contributed by atoms with Crippen molar-refractivity contribution >= 4 is 29.4 Å². The highest BCUT2D eigenvalue weighted by atomic mass is 32.2. The van der Waals surface area contributed by atoms with E-state index in [-0.39, 0.29) is 16.6 Å². The molecule has 0 aromatic heterocycles. The number of halogens is 3. The van der Waals surface area contributed by atoms with Crippen LogP contribution in [0.5, 0.6) is 0 Å². The Bertz CT molecular complexity index is 510. The number of hydrogen-bond donors (Lipinski definition) is 1. The van der Waals surface area contributed by atoms with E-state index in [1.807, 2.05) is 0 Å². The first-order chi connectivity index (χ1) is 9.90. The lowest BCUT2D eigenvalue weighted by Gasteiger charge is -2.19. The summed E-state index contributed by atoms with van der Waals surface area (Å²) in [5, 5.41) is 1.98. The number of carbonyl (C=O) groups is 3. The Morgan fingerprint density at radius 2 is 1.91 bits per heavy atom. The highest BCUT2D eigenvalue weighted by Gasteiger charge is 2.32. The van der Waals surface area contributed by atoms with Crippen LogP contribution < -0.4 is 5.32 Å². The molecule has 0 aromatic carbocycles. The molecular weight excluding hydrogens is 321 g/mol. The molecule has 0 aliphatic carbocycles. The van der Waals surface area contributed by atoms with Crippen LogP contribution in [-0.4, -0.2) is 47.5 Å². The van der Waals surface area contributed by atoms with E-state index in [9.17, 15) is 27.6 Å². The smallest absolute Gasteiger partial charge is 0.345 e. The third-order valence-corrected chi connectivity index (χ3v) is 3.72. The summed E-state index contributed by atoms with van der Waals surface area (Å²) in [7, 11) is 0. The van der Waals surface area contributed by atoms with Gasteiger partial charge in [0.1, 0.15) is 13.1 Å². The number of nitrogens with one attached hydrogen (secondary N) is 1. The molecule has 1 aliphatic rings. The van der Waals surface area contributed by atoms with E-state index in [0.29, 0.717) is 0 Å². The van der Waals surface area contributed by atoms with E-state index in [2.05, 4.69) is 0 Å². The average molecular weight is 338 g/mol. The fraction of sp³-hybridized carbons (Fsp3) is 0.615. The first-order valence-electron chi connectivity index (χ1n) is 6.43. The SMILES string of the molecule is CC(C)(C)C(=O)/C=C1\SCC(=O)N1CC(=O)NCC(F)(F)F. The summed E-state index contributed by atoms with van der Waals surface area (Å²) in [6, 6.07) is 0. The molecule has 0 radical (unpaired) electrons. The van der Waals surface area contributed by atoms with Gasteiger partial charge in [0.05, 0.1) is 10.8 Å². The standard InChI is InChI=1S/C13H17F3N2O3S/c1-12(2,3)8(19)4-11-18(10(21)6-22-11)5-9(20)17-7-13(14,15)16/h4H,5-7H2,1-3H3,(H,17,20)/b11-4-. The van der Waals surface area contributed by atoms with E-state index in [1.54, 1.807) is 26.1 Å². The van der Waals surface area contributed by atoms with Crippen LogP contribution in [0.3, 0.4) is 0 Å². The summed E-state index contributed by atoms with van der Waals surface area (Å²) >= 11 is 1.08. The van der Waals surface area contributed by atoms with Crippen LogP contribution in [0, 0.1) is 5.41 Å². The molecule has 22 heavy (non-hydrogen) atoms. The van der Waals surface area contributed by atoms with E-state index in [0.717, 1.165) is 16.7 Å². The van der Waals surface area contributed by atoms with Crippen LogP contribution in [0.25, 0.3) is 0 Å². The minimum Gasteiger partial charge on any atom is -0.345 e. The molecule has 1 N–H and O–H groups in total. The van der Waals surface area contributed by atoms with Crippen molar-refractivity contribution in [3.63, 3.8) is 0 Å². The monoisotopic (exact) mass is 338 g/mol. The average Bonchev–Trinajstić information content (AvgIpc) is 2.67. The third-order valence-electron chi connectivity index (χ3n) is 2.69. The van der Waals surface area contributed by atoms with Crippen molar-refractivity contribution in [1.82, 2.24) is 10.2 Å². The van der Waals surface area contributed by atoms with Crippen LogP contribution in [-0.2, 0) is 14.4 Å². The number of amides is 2. The molecule has 2 amide bonds. The molecule has 1 aliphatic heterocycles. The Morgan fingerprint density at radius 3 is 2.41 bits per heavy atom. The normalized spacial score (nSPS) is 18.0. The van der Waals surface area contributed by atoms with Crippen molar-refractivity contribution in [1.29, 1.82) is 0 Å². The summed E-state index contributed by atoms with van der Waals surface area (Å²) in [6.07, 6.45) is -3.26. The van der Waals surface area contributed by atoms with E-state index < -0.39 is 36.5 Å². The summed E-state index contributed by atoms with van der Waals surface area (Å²) in [4.78, 5) is 36.2. The molecule has 1 fully saturated rings. The Hall–Kier alpha value is -1.51. The number of nitrogens with zero attached hydrogens (tertiary/aromatic N) is 1. The molecule has 9 heteroatoms. The second-order valence-corrected chi connectivity index (χ2v) is 6.75. The maximum Gasteiger partial charge on any atom is 0.405 e. The molecule has 0 atom stereocenters. The van der Waals surface area contributed by atoms with Gasteiger partial charge in [-0.1, -0.05) is 32.5 Å². The molecule has 124 valence electrons. The number of alkyl halides is 3. The third kappa shape index (κ3) is 5.70. The van der Waals surface area contributed by atoms with Crippen molar-refractivity contribution in [2.75, 3.05) is 18.8 Å². The van der Waals surface area contributed by atoms with Crippen molar-refractivity contribution < 1.29 is 27.6 Å². The number of rotatable bonds is 4. The molecular formula is C13H17F3N2O3S. The van der Waals surface area contributed by atoms with Crippen molar-refractivity contribution in [3.05, 3.63) is 11.1 Å². The second-order valence-electron chi connectivity index (χ2n) is 5.76. The van der Waals surface area contributed by atoms with E-state index in [1.165, 1.54) is 6.08 Å². The van der Waals surface area contributed by atoms with Crippen LogP contribution in [0.1, 0.15) is 20.8 Å². The summed E-state index contributed by atoms with van der Waals surface area (Å²) in [6.45, 7) is 3.11. The zero-order chi connectivity index (χ0) is 17.1. The Morgan fingerprint density at radius 1 is 1.32 bits per heavy atom. The predicted molar refractivity (Wildman–Crippen MR) is 75.8 cm³/mol. The molecule has 1 rings (SSSR count). The largest absolute Gasteiger partial charge is 0.405 e. The topological polar surface area (TPSA) is 66.5 Å². The van der Waals surface area contributed by atoms with Gasteiger partial charge >= 0.3 is 6.18 Å². The zero-order valence-corrected chi connectivity index (χ0v) is 13.2. The van der Waals surface area contributed by atoms with Crippen molar-refractivity contribution in [2.24, 2.45) is 5.41 Å². The molecule has 0 unspecified atom stereocenters. The molecule has 1 saturated heterocycles. The summed E-state index contributed by atoms with van der Waals surface area (Å²) in [5.74, 6) is -1.52. The second kappa shape index (κ2) is 6.72. The lowest BCUT2D eigenvalue weighted by Crippen LogP contribution is -2.41. The molecule has 5 nitrogen and oxygen atoms in total. The highest BCUT2D eigenvalue weighted by molar-refractivity contribution is 8.04. The zero-order valence-electron chi connectivity index (χ0n) is 12.4. The van der Waals surface area contributed by atoms with Crippen LogP contribution in [0.4, 0.5) is 13.2 Å². The predicted octanol–water partition coefficient (Wildman–Crippen LogP) is 1.70. The quantitative estimate of drug-likeness (QED) is 0.793. The van der Waals surface area contributed by atoms with Gasteiger partial charge in [0.2, 0.25) is 11.8 Å². The van der Waals surface area contributed by atoms with Gasteiger partial charge in [0.15, 0.2) is 5.78 Å². The Kier molecular flexibility index (Phi) is 5.66. The number of ketones is 1. The fourth-order valence-electron chi connectivity index (χ4n) is 1.43. The number of thioether (sulfide) groups is 1. The van der Waals surface area contributed by atoms with Gasteiger partial charge < -0.3 is 5.32 Å². The summed E-state index contributed by atoms with van der Waals surface area (Å²) in [5.41, 5.74) is -0.649. The van der Waals surface area contributed by atoms with Crippen molar-refractivity contribution in [3.8, 4) is 0 Å². The van der Waals surface area contributed by atoms with Gasteiger partial charge in [0, 0.05) is 11.5 Å². The van der Waals surface area contributed by atoms with Gasteiger partial charge in [-0.3, -0.25) is 19.3 Å². The van der Waals surface area contributed by atoms with E-state index in [4.69, 9.17) is 0 Å². The Balaban J connectivity index is 2.74. The highest BCUT2D eigenvalue weighted by Crippen LogP contribution is 2.30. The molecule has 0 bridgehead atoms. The number of allylic oxidation sites excluding steroid dienone is 1. The van der Waals surface area contributed by atoms with Gasteiger partial charge in [-0.25, -0.2) is 0 Å². The van der Waals surface area contributed by atoms with Crippen molar-refractivity contribution in [2.45, 2.75) is 26.9 Å². The minimum atomic E-state index is -4.51. The van der Waals surface area contributed by atoms with Crippen LogP contribution >= 0.6 is 11.8 Å². The fourth-order valence-corrected chi connectivity index (χ4v) is 2.37. The molecule has 0 spiro atoms. The molecule has 0 aromatic rings. The summed E-state index contributed by atoms with van der Waals surface area (Å²) < 4.78 is 36.1. The van der Waals surface area contributed by atoms with Crippen LogP contribution in [0.2, 0.25) is 0 Å². The maximum absolute atomic E-state index is 12.0. The Labute approximate surface area is 130 Å². The minimum absolute atomic E-state index is 0.0514. The molecule has 1 heterocycles. The molecule has 0 saturated carbocycles. The first-order valence-corrected chi connectivity index (χ1v) is 7.41. The first kappa shape index (κ1) is 18.5. The van der Waals surface area contributed by atoms with Gasteiger partial charge in [-0.2, -0.15) is 13.2 Å². The number of carbonyl (C=O) groups excluding carboxylic acids is 3. The van der Waals surface area contributed by atoms with Gasteiger partial charge in [-0.05, 0) is 0 Å². The van der Waals surface area contributed by atoms with E-state index >= 15 is 0 Å². The van der Waals surface area contributed by atoms with Gasteiger partial charge in [0.25, 0.3) is 0 Å². The lowest BCUT2D eigenvalue weighted by atomic mass is 9.91. The number of hydrogen-bond acceptors (Lipinski definition) is 4.